The average Bonchev–Trinajstić information content (AvgIpc) is 2.66. The van der Waals surface area contributed by atoms with Gasteiger partial charge in [0.15, 0.2) is 0 Å². The summed E-state index contributed by atoms with van der Waals surface area (Å²) >= 11 is 1.73. The fourth-order valence-electron chi connectivity index (χ4n) is 1.46. The molecule has 0 spiro atoms. The van der Waals surface area contributed by atoms with Crippen LogP contribution in [0.2, 0.25) is 0 Å². The van der Waals surface area contributed by atoms with Crippen molar-refractivity contribution < 1.29 is 4.74 Å². The first-order chi connectivity index (χ1) is 7.19. The lowest BCUT2D eigenvalue weighted by atomic mass is 10.1. The van der Waals surface area contributed by atoms with Crippen molar-refractivity contribution in [1.29, 1.82) is 0 Å². The van der Waals surface area contributed by atoms with Crippen LogP contribution in [0, 0.1) is 0 Å². The monoisotopic (exact) mass is 227 g/mol. The highest BCUT2D eigenvalue weighted by Crippen LogP contribution is 2.28. The van der Waals surface area contributed by atoms with Gasteiger partial charge >= 0.3 is 0 Å². The highest BCUT2D eigenvalue weighted by Gasteiger charge is 2.15. The van der Waals surface area contributed by atoms with Crippen LogP contribution in [-0.4, -0.2) is 11.6 Å². The molecule has 1 heterocycles. The molecule has 3 heteroatoms. The van der Waals surface area contributed by atoms with Crippen LogP contribution in [0.3, 0.4) is 0 Å². The Balaban J connectivity index is 2.72. The number of hydrogen-bond acceptors (Lipinski definition) is 3. The Bertz CT molecular complexity index is 277. The summed E-state index contributed by atoms with van der Waals surface area (Å²) in [5.74, 6) is 0.513. The summed E-state index contributed by atoms with van der Waals surface area (Å²) in [6.07, 6.45) is 2.41. The van der Waals surface area contributed by atoms with Crippen molar-refractivity contribution in [3.63, 3.8) is 0 Å². The van der Waals surface area contributed by atoms with Crippen molar-refractivity contribution in [3.05, 3.63) is 16.1 Å². The Kier molecular flexibility index (Phi) is 5.26. The van der Waals surface area contributed by atoms with E-state index in [9.17, 15) is 0 Å². The Morgan fingerprint density at radius 2 is 2.13 bits per heavy atom. The van der Waals surface area contributed by atoms with E-state index in [0.29, 0.717) is 5.92 Å². The van der Waals surface area contributed by atoms with Gasteiger partial charge < -0.3 is 4.74 Å². The third-order valence-corrected chi connectivity index (χ3v) is 3.28. The van der Waals surface area contributed by atoms with Crippen molar-refractivity contribution in [1.82, 2.24) is 4.98 Å². The predicted octanol–water partition coefficient (Wildman–Crippen LogP) is 4.14. The first-order valence-corrected chi connectivity index (χ1v) is 6.63. The quantitative estimate of drug-likeness (QED) is 0.728. The van der Waals surface area contributed by atoms with Crippen LogP contribution >= 0.6 is 11.3 Å². The van der Waals surface area contributed by atoms with Crippen LogP contribution in [-0.2, 0) is 4.74 Å². The van der Waals surface area contributed by atoms with Gasteiger partial charge in [0.25, 0.3) is 0 Å². The molecule has 15 heavy (non-hydrogen) atoms. The van der Waals surface area contributed by atoms with Crippen LogP contribution in [0.4, 0.5) is 0 Å². The van der Waals surface area contributed by atoms with Crippen molar-refractivity contribution in [2.45, 2.75) is 52.6 Å². The number of rotatable bonds is 6. The molecule has 0 aliphatic carbocycles. The molecule has 0 saturated carbocycles. The lowest BCUT2D eigenvalue weighted by Gasteiger charge is -2.13. The molecule has 1 aromatic rings. The minimum Gasteiger partial charge on any atom is -0.371 e. The van der Waals surface area contributed by atoms with Gasteiger partial charge in [0, 0.05) is 12.0 Å². The normalized spacial score (nSPS) is 13.4. The topological polar surface area (TPSA) is 22.1 Å². The summed E-state index contributed by atoms with van der Waals surface area (Å²) in [7, 11) is 0. The fraction of sp³-hybridized carbons (Fsp3) is 0.750. The molecule has 1 atom stereocenters. The molecule has 0 N–H and O–H groups in total. The summed E-state index contributed by atoms with van der Waals surface area (Å²) < 4.78 is 5.71. The SMILES string of the molecule is CCCC(OCC)c1nc(C(C)C)cs1. The van der Waals surface area contributed by atoms with E-state index in [2.05, 4.69) is 31.1 Å². The zero-order valence-electron chi connectivity index (χ0n) is 10.1. The summed E-state index contributed by atoms with van der Waals surface area (Å²) in [5.41, 5.74) is 1.19. The molecule has 0 bridgehead atoms. The molecule has 0 aliphatic heterocycles. The van der Waals surface area contributed by atoms with E-state index in [4.69, 9.17) is 4.74 Å². The second-order valence-electron chi connectivity index (χ2n) is 4.00. The van der Waals surface area contributed by atoms with E-state index in [1.807, 2.05) is 6.92 Å². The van der Waals surface area contributed by atoms with Crippen LogP contribution in [0.5, 0.6) is 0 Å². The van der Waals surface area contributed by atoms with E-state index in [1.54, 1.807) is 11.3 Å². The molecular weight excluding hydrogens is 206 g/mol. The van der Waals surface area contributed by atoms with E-state index >= 15 is 0 Å². The predicted molar refractivity (Wildman–Crippen MR) is 65.5 cm³/mol. The fourth-order valence-corrected chi connectivity index (χ4v) is 2.52. The minimum atomic E-state index is 0.206. The highest BCUT2D eigenvalue weighted by atomic mass is 32.1. The van der Waals surface area contributed by atoms with Gasteiger partial charge in [-0.1, -0.05) is 27.2 Å². The van der Waals surface area contributed by atoms with E-state index < -0.39 is 0 Å². The third kappa shape index (κ3) is 3.58. The van der Waals surface area contributed by atoms with Crippen LogP contribution in [0.1, 0.15) is 63.3 Å². The molecule has 2 nitrogen and oxygen atoms in total. The van der Waals surface area contributed by atoms with Gasteiger partial charge in [0.1, 0.15) is 11.1 Å². The Morgan fingerprint density at radius 1 is 1.40 bits per heavy atom. The minimum absolute atomic E-state index is 0.206. The maximum atomic E-state index is 5.71. The molecule has 0 radical (unpaired) electrons. The Labute approximate surface area is 96.7 Å². The Morgan fingerprint density at radius 3 is 2.60 bits per heavy atom. The van der Waals surface area contributed by atoms with Crippen LogP contribution in [0.15, 0.2) is 5.38 Å². The molecule has 1 rings (SSSR count). The van der Waals surface area contributed by atoms with Gasteiger partial charge in [-0.05, 0) is 19.3 Å². The average molecular weight is 227 g/mol. The van der Waals surface area contributed by atoms with Crippen molar-refractivity contribution in [3.8, 4) is 0 Å². The molecule has 1 unspecified atom stereocenters. The van der Waals surface area contributed by atoms with Gasteiger partial charge in [0.2, 0.25) is 0 Å². The molecule has 0 aliphatic rings. The first kappa shape index (κ1) is 12.7. The number of ether oxygens (including phenoxy) is 1. The maximum absolute atomic E-state index is 5.71. The summed E-state index contributed by atoms with van der Waals surface area (Å²) in [5, 5.41) is 3.30. The van der Waals surface area contributed by atoms with E-state index in [0.717, 1.165) is 24.5 Å². The second-order valence-corrected chi connectivity index (χ2v) is 4.89. The number of aromatic nitrogens is 1. The molecule has 0 saturated heterocycles. The number of hydrogen-bond donors (Lipinski definition) is 0. The van der Waals surface area contributed by atoms with Gasteiger partial charge in [0.05, 0.1) is 5.69 Å². The molecule has 0 aromatic carbocycles. The lowest BCUT2D eigenvalue weighted by Crippen LogP contribution is -2.04. The second kappa shape index (κ2) is 6.23. The number of thiazole rings is 1. The lowest BCUT2D eigenvalue weighted by molar-refractivity contribution is 0.0554. The van der Waals surface area contributed by atoms with Crippen molar-refractivity contribution in [2.24, 2.45) is 0 Å². The highest BCUT2D eigenvalue weighted by molar-refractivity contribution is 7.09. The maximum Gasteiger partial charge on any atom is 0.122 e. The standard InChI is InChI=1S/C12H21NOS/c1-5-7-11(14-6-2)12-13-10(8-15-12)9(3)4/h8-9,11H,5-7H2,1-4H3. The van der Waals surface area contributed by atoms with Crippen LogP contribution in [0.25, 0.3) is 0 Å². The van der Waals surface area contributed by atoms with Gasteiger partial charge in [-0.3, -0.25) is 0 Å². The smallest absolute Gasteiger partial charge is 0.122 e. The molecule has 86 valence electrons. The first-order valence-electron chi connectivity index (χ1n) is 5.75. The molecule has 1 aromatic heterocycles. The summed E-state index contributed by atoms with van der Waals surface area (Å²) in [6, 6.07) is 0. The third-order valence-electron chi connectivity index (χ3n) is 2.33. The van der Waals surface area contributed by atoms with E-state index in [1.165, 1.54) is 5.69 Å². The zero-order valence-corrected chi connectivity index (χ0v) is 10.9. The molecule has 0 amide bonds. The van der Waals surface area contributed by atoms with E-state index in [-0.39, 0.29) is 6.10 Å². The van der Waals surface area contributed by atoms with Crippen molar-refractivity contribution in [2.75, 3.05) is 6.61 Å². The summed E-state index contributed by atoms with van der Waals surface area (Å²) in [6.45, 7) is 9.34. The summed E-state index contributed by atoms with van der Waals surface area (Å²) in [4.78, 5) is 4.64. The van der Waals surface area contributed by atoms with Gasteiger partial charge in [-0.15, -0.1) is 11.3 Å². The van der Waals surface area contributed by atoms with Crippen LogP contribution < -0.4 is 0 Å². The zero-order chi connectivity index (χ0) is 11.3. The number of nitrogens with zero attached hydrogens (tertiary/aromatic N) is 1. The van der Waals surface area contributed by atoms with Gasteiger partial charge in [-0.25, -0.2) is 4.98 Å². The molecular formula is C12H21NOS. The largest absolute Gasteiger partial charge is 0.371 e. The Hall–Kier alpha value is -0.410. The van der Waals surface area contributed by atoms with Crippen molar-refractivity contribution >= 4 is 11.3 Å². The van der Waals surface area contributed by atoms with Gasteiger partial charge in [-0.2, -0.15) is 0 Å². The molecule has 0 fully saturated rings.